The van der Waals surface area contributed by atoms with E-state index in [1.807, 2.05) is 73.7 Å². The Morgan fingerprint density at radius 2 is 1.41 bits per heavy atom. The van der Waals surface area contributed by atoms with Crippen LogP contribution in [0.2, 0.25) is 0 Å². The SMILES string of the molecule is Cc1ccc(N(CC(=O)N(Cc2ccc(Br)cc2)[C@@H](Cc2ccccc2)C(=O)NC2CCCCC2)S(=O)(=O)c2ccccc2)cc1. The summed E-state index contributed by atoms with van der Waals surface area (Å²) in [5, 5.41) is 3.24. The first kappa shape index (κ1) is 33.4. The van der Waals surface area contributed by atoms with Crippen LogP contribution in [0.5, 0.6) is 0 Å². The van der Waals surface area contributed by atoms with Crippen LogP contribution in [0.15, 0.2) is 119 Å². The molecule has 1 atom stereocenters. The maximum Gasteiger partial charge on any atom is 0.264 e. The summed E-state index contributed by atoms with van der Waals surface area (Å²) < 4.78 is 30.2. The van der Waals surface area contributed by atoms with Gasteiger partial charge in [-0.1, -0.05) is 114 Å². The number of nitrogens with zero attached hydrogens (tertiary/aromatic N) is 2. The highest BCUT2D eigenvalue weighted by Gasteiger charge is 2.35. The van der Waals surface area contributed by atoms with Crippen LogP contribution in [-0.4, -0.2) is 43.8 Å². The molecule has 1 N–H and O–H groups in total. The number of nitrogens with one attached hydrogen (secondary N) is 1. The Morgan fingerprint density at radius 3 is 2.04 bits per heavy atom. The van der Waals surface area contributed by atoms with E-state index < -0.39 is 28.5 Å². The highest BCUT2D eigenvalue weighted by Crippen LogP contribution is 2.26. The summed E-state index contributed by atoms with van der Waals surface area (Å²) in [5.74, 6) is -0.697. The lowest BCUT2D eigenvalue weighted by Crippen LogP contribution is -2.55. The molecule has 0 aliphatic heterocycles. The minimum atomic E-state index is -4.12. The Hall–Kier alpha value is -3.95. The van der Waals surface area contributed by atoms with Gasteiger partial charge >= 0.3 is 0 Å². The molecule has 1 aliphatic carbocycles. The number of hydrogen-bond donors (Lipinski definition) is 1. The smallest absolute Gasteiger partial charge is 0.264 e. The average Bonchev–Trinajstić information content (AvgIpc) is 3.07. The van der Waals surface area contributed by atoms with Crippen molar-refractivity contribution in [2.24, 2.45) is 0 Å². The number of hydrogen-bond acceptors (Lipinski definition) is 4. The van der Waals surface area contributed by atoms with Gasteiger partial charge in [-0.3, -0.25) is 13.9 Å². The zero-order valence-corrected chi connectivity index (χ0v) is 28.4. The lowest BCUT2D eigenvalue weighted by Gasteiger charge is -2.35. The molecule has 0 radical (unpaired) electrons. The van der Waals surface area contributed by atoms with Gasteiger partial charge < -0.3 is 10.2 Å². The largest absolute Gasteiger partial charge is 0.352 e. The van der Waals surface area contributed by atoms with Crippen molar-refractivity contribution < 1.29 is 18.0 Å². The van der Waals surface area contributed by atoms with Crippen LogP contribution in [0.25, 0.3) is 0 Å². The molecule has 7 nitrogen and oxygen atoms in total. The summed E-state index contributed by atoms with van der Waals surface area (Å²) in [7, 11) is -4.12. The third kappa shape index (κ3) is 8.65. The van der Waals surface area contributed by atoms with E-state index >= 15 is 0 Å². The summed E-state index contributed by atoms with van der Waals surface area (Å²) >= 11 is 3.48. The van der Waals surface area contributed by atoms with Gasteiger partial charge in [0, 0.05) is 23.5 Å². The van der Waals surface area contributed by atoms with Crippen LogP contribution in [0.1, 0.15) is 48.8 Å². The number of amides is 2. The third-order valence-corrected chi connectivity index (χ3v) is 10.7. The molecule has 4 aromatic rings. The predicted molar refractivity (Wildman–Crippen MR) is 186 cm³/mol. The van der Waals surface area contributed by atoms with Gasteiger partial charge in [0.1, 0.15) is 12.6 Å². The Kier molecular flexibility index (Phi) is 11.3. The monoisotopic (exact) mass is 701 g/mol. The molecule has 1 fully saturated rings. The normalized spacial score (nSPS) is 14.3. The van der Waals surface area contributed by atoms with Crippen LogP contribution in [0.4, 0.5) is 5.69 Å². The molecule has 9 heteroatoms. The highest BCUT2D eigenvalue weighted by molar-refractivity contribution is 9.10. The molecule has 2 amide bonds. The quantitative estimate of drug-likeness (QED) is 0.172. The second-order valence-corrected chi connectivity index (χ2v) is 14.6. The first-order valence-electron chi connectivity index (χ1n) is 15.7. The Morgan fingerprint density at radius 1 is 0.804 bits per heavy atom. The van der Waals surface area contributed by atoms with Crippen LogP contribution >= 0.6 is 15.9 Å². The first-order valence-corrected chi connectivity index (χ1v) is 18.0. The molecule has 4 aromatic carbocycles. The number of carbonyl (C=O) groups excluding carboxylic acids is 2. The lowest BCUT2D eigenvalue weighted by atomic mass is 9.94. The predicted octanol–water partition coefficient (Wildman–Crippen LogP) is 7.04. The van der Waals surface area contributed by atoms with E-state index in [0.29, 0.717) is 5.69 Å². The molecule has 0 aromatic heterocycles. The number of halogens is 1. The fourth-order valence-electron chi connectivity index (χ4n) is 5.84. The van der Waals surface area contributed by atoms with E-state index in [1.165, 1.54) is 12.1 Å². The van der Waals surface area contributed by atoms with Crippen molar-refractivity contribution in [3.05, 3.63) is 130 Å². The van der Waals surface area contributed by atoms with Crippen LogP contribution in [0.3, 0.4) is 0 Å². The summed E-state index contributed by atoms with van der Waals surface area (Å²) in [6.07, 6.45) is 5.36. The second-order valence-electron chi connectivity index (χ2n) is 11.9. The van der Waals surface area contributed by atoms with Crippen molar-refractivity contribution in [3.8, 4) is 0 Å². The third-order valence-electron chi connectivity index (χ3n) is 8.42. The fourth-order valence-corrected chi connectivity index (χ4v) is 7.54. The Labute approximate surface area is 280 Å². The van der Waals surface area contributed by atoms with Crippen LogP contribution in [-0.2, 0) is 32.6 Å². The Balaban J connectivity index is 1.55. The van der Waals surface area contributed by atoms with Gasteiger partial charge in [-0.2, -0.15) is 0 Å². The molecular formula is C37H40BrN3O4S. The van der Waals surface area contributed by atoms with Crippen molar-refractivity contribution in [3.63, 3.8) is 0 Å². The van der Waals surface area contributed by atoms with Crippen molar-refractivity contribution in [1.82, 2.24) is 10.2 Å². The van der Waals surface area contributed by atoms with E-state index in [0.717, 1.165) is 57.6 Å². The van der Waals surface area contributed by atoms with E-state index in [1.54, 1.807) is 35.2 Å². The van der Waals surface area contributed by atoms with E-state index in [9.17, 15) is 18.0 Å². The minimum Gasteiger partial charge on any atom is -0.352 e. The van der Waals surface area contributed by atoms with Gasteiger partial charge in [-0.05, 0) is 67.3 Å². The summed E-state index contributed by atoms with van der Waals surface area (Å²) in [5.41, 5.74) is 3.07. The molecule has 5 rings (SSSR count). The summed E-state index contributed by atoms with van der Waals surface area (Å²) in [6, 6.07) is 31.6. The molecule has 0 bridgehead atoms. The molecule has 1 aliphatic rings. The van der Waals surface area contributed by atoms with Gasteiger partial charge in [-0.15, -0.1) is 0 Å². The summed E-state index contributed by atoms with van der Waals surface area (Å²) in [6.45, 7) is 1.58. The average molecular weight is 703 g/mol. The Bertz CT molecular complexity index is 1690. The van der Waals surface area contributed by atoms with Crippen molar-refractivity contribution in [2.75, 3.05) is 10.8 Å². The number of benzene rings is 4. The topological polar surface area (TPSA) is 86.8 Å². The zero-order valence-electron chi connectivity index (χ0n) is 26.0. The molecule has 1 saturated carbocycles. The van der Waals surface area contributed by atoms with Crippen molar-refractivity contribution in [2.45, 2.75) is 69.0 Å². The van der Waals surface area contributed by atoms with E-state index in [4.69, 9.17) is 0 Å². The van der Waals surface area contributed by atoms with E-state index in [2.05, 4.69) is 21.2 Å². The summed E-state index contributed by atoms with van der Waals surface area (Å²) in [4.78, 5) is 30.4. The van der Waals surface area contributed by atoms with Crippen molar-refractivity contribution >= 4 is 43.5 Å². The molecular weight excluding hydrogens is 662 g/mol. The van der Waals surface area contributed by atoms with Crippen LogP contribution in [0, 0.1) is 6.92 Å². The minimum absolute atomic E-state index is 0.0478. The van der Waals surface area contributed by atoms with Gasteiger partial charge in [-0.25, -0.2) is 8.42 Å². The van der Waals surface area contributed by atoms with E-state index in [-0.39, 0.29) is 29.8 Å². The van der Waals surface area contributed by atoms with Gasteiger partial charge in [0.2, 0.25) is 11.8 Å². The standard InChI is InChI=1S/C37H40BrN3O4S/c1-28-17-23-33(24-18-28)41(46(44,45)34-15-9-4-10-16-34)27-36(42)40(26-30-19-21-31(38)22-20-30)35(25-29-11-5-2-6-12-29)37(43)39-32-13-7-3-8-14-32/h2,4-6,9-12,15-24,32,35H,3,7-8,13-14,25-27H2,1H3,(H,39,43)/t35-/m0/s1. The molecule has 46 heavy (non-hydrogen) atoms. The zero-order chi connectivity index (χ0) is 32.5. The van der Waals surface area contributed by atoms with Gasteiger partial charge in [0.15, 0.2) is 0 Å². The molecule has 240 valence electrons. The number of anilines is 1. The maximum atomic E-state index is 14.6. The molecule has 0 spiro atoms. The number of sulfonamides is 1. The van der Waals surface area contributed by atoms with Crippen molar-refractivity contribution in [1.29, 1.82) is 0 Å². The first-order chi connectivity index (χ1) is 22.2. The molecule has 0 saturated heterocycles. The highest BCUT2D eigenvalue weighted by atomic mass is 79.9. The second kappa shape index (κ2) is 15.6. The fraction of sp³-hybridized carbons (Fsp3) is 0.297. The molecule has 0 heterocycles. The number of aryl methyl sites for hydroxylation is 1. The number of rotatable bonds is 12. The molecule has 0 unspecified atom stereocenters. The van der Waals surface area contributed by atoms with Gasteiger partial charge in [0.05, 0.1) is 10.6 Å². The maximum absolute atomic E-state index is 14.6. The lowest BCUT2D eigenvalue weighted by molar-refractivity contribution is -0.140. The van der Waals surface area contributed by atoms with Gasteiger partial charge in [0.25, 0.3) is 10.0 Å². The van der Waals surface area contributed by atoms with Crippen LogP contribution < -0.4 is 9.62 Å². The number of carbonyl (C=O) groups is 2.